The Balaban J connectivity index is 1.72. The Bertz CT molecular complexity index is 1320. The quantitative estimate of drug-likeness (QED) is 0.180. The molecular formula is C23H28N8O6. The van der Waals surface area contributed by atoms with Crippen molar-refractivity contribution in [1.82, 2.24) is 25.3 Å². The summed E-state index contributed by atoms with van der Waals surface area (Å²) < 4.78 is 7.45. The summed E-state index contributed by atoms with van der Waals surface area (Å²) in [5.74, 6) is -0.994. The molecule has 37 heavy (non-hydrogen) atoms. The van der Waals surface area contributed by atoms with Gasteiger partial charge in [0.05, 0.1) is 30.7 Å². The van der Waals surface area contributed by atoms with Crippen LogP contribution in [0.1, 0.15) is 29.0 Å². The molecule has 1 aliphatic rings. The zero-order valence-corrected chi connectivity index (χ0v) is 20.2. The molecule has 196 valence electrons. The van der Waals surface area contributed by atoms with Gasteiger partial charge in [-0.3, -0.25) is 19.6 Å². The number of methoxy groups -OCH3 is 1. The average molecular weight is 513 g/mol. The fraction of sp³-hybridized carbons (Fsp3) is 0.348. The maximum absolute atomic E-state index is 12.6. The van der Waals surface area contributed by atoms with Crippen molar-refractivity contribution >= 4 is 29.0 Å². The summed E-state index contributed by atoms with van der Waals surface area (Å²) in [6, 6.07) is 8.50. The highest BCUT2D eigenvalue weighted by Gasteiger charge is 2.31. The van der Waals surface area contributed by atoms with Crippen molar-refractivity contribution in [2.24, 2.45) is 11.7 Å². The van der Waals surface area contributed by atoms with E-state index in [0.29, 0.717) is 35.8 Å². The van der Waals surface area contributed by atoms with Crippen LogP contribution < -0.4 is 26.4 Å². The van der Waals surface area contributed by atoms with Gasteiger partial charge < -0.3 is 36.4 Å². The molecule has 0 bridgehead atoms. The number of aryl methyl sites for hydroxylation is 1. The summed E-state index contributed by atoms with van der Waals surface area (Å²) in [4.78, 5) is 24.8. The Morgan fingerprint density at radius 3 is 2.59 bits per heavy atom. The Kier molecular flexibility index (Phi) is 7.35. The number of hydrogen-bond acceptors (Lipinski definition) is 11. The number of rotatable bonds is 10. The topological polar surface area (TPSA) is 210 Å². The number of amides is 2. The Morgan fingerprint density at radius 1 is 1.19 bits per heavy atom. The van der Waals surface area contributed by atoms with Crippen molar-refractivity contribution in [1.29, 1.82) is 0 Å². The minimum absolute atomic E-state index is 0.0446. The molecule has 0 atom stereocenters. The SMILES string of the molecule is COc1c(Nc2cc(NC(=O)C3CC3)nnc2C(=O)NC(O)(O)O)cccc1-c1cc(C)n(CCN)n1. The molecule has 1 fully saturated rings. The molecule has 2 heterocycles. The second kappa shape index (κ2) is 10.5. The van der Waals surface area contributed by atoms with Gasteiger partial charge in [0.15, 0.2) is 17.3 Å². The van der Waals surface area contributed by atoms with Gasteiger partial charge >= 0.3 is 6.10 Å². The number of carbonyl (C=O) groups excluding carboxylic acids is 2. The van der Waals surface area contributed by atoms with E-state index < -0.39 is 12.0 Å². The highest BCUT2D eigenvalue weighted by atomic mass is 16.7. The number of aromatic nitrogens is 4. The van der Waals surface area contributed by atoms with Crippen molar-refractivity contribution in [3.05, 3.63) is 41.7 Å². The minimum Gasteiger partial charge on any atom is -0.494 e. The molecule has 14 nitrogen and oxygen atoms in total. The summed E-state index contributed by atoms with van der Waals surface area (Å²) in [6.07, 6.45) is -1.92. The fourth-order valence-electron chi connectivity index (χ4n) is 3.69. The van der Waals surface area contributed by atoms with Gasteiger partial charge in [0, 0.05) is 29.8 Å². The van der Waals surface area contributed by atoms with E-state index >= 15 is 0 Å². The molecule has 8 N–H and O–H groups in total. The molecule has 0 spiro atoms. The molecule has 2 amide bonds. The molecule has 14 heteroatoms. The molecule has 2 aromatic heterocycles. The molecular weight excluding hydrogens is 484 g/mol. The third-order valence-electron chi connectivity index (χ3n) is 5.58. The first-order valence-corrected chi connectivity index (χ1v) is 11.5. The molecule has 0 radical (unpaired) electrons. The third kappa shape index (κ3) is 6.18. The molecule has 1 aromatic carbocycles. The normalized spacial score (nSPS) is 13.2. The number of nitrogens with one attached hydrogen (secondary N) is 3. The van der Waals surface area contributed by atoms with Gasteiger partial charge in [-0.2, -0.15) is 5.10 Å². The number of hydrogen-bond donors (Lipinski definition) is 7. The number of nitrogens with zero attached hydrogens (tertiary/aromatic N) is 4. The minimum atomic E-state index is -3.48. The number of para-hydroxylation sites is 1. The predicted molar refractivity (Wildman–Crippen MR) is 132 cm³/mol. The van der Waals surface area contributed by atoms with Gasteiger partial charge in [-0.25, -0.2) is 0 Å². The van der Waals surface area contributed by atoms with E-state index in [1.54, 1.807) is 22.1 Å². The van der Waals surface area contributed by atoms with Crippen molar-refractivity contribution in [3.63, 3.8) is 0 Å². The van der Waals surface area contributed by atoms with E-state index in [0.717, 1.165) is 18.5 Å². The van der Waals surface area contributed by atoms with Crippen molar-refractivity contribution < 1.29 is 29.6 Å². The van der Waals surface area contributed by atoms with E-state index in [1.165, 1.54) is 13.2 Å². The van der Waals surface area contributed by atoms with Crippen LogP contribution in [0, 0.1) is 12.8 Å². The van der Waals surface area contributed by atoms with Crippen LogP contribution in [-0.4, -0.2) is 66.9 Å². The van der Waals surface area contributed by atoms with E-state index in [-0.39, 0.29) is 29.0 Å². The summed E-state index contributed by atoms with van der Waals surface area (Å²) >= 11 is 0. The van der Waals surface area contributed by atoms with Gasteiger partial charge in [0.2, 0.25) is 5.91 Å². The zero-order valence-electron chi connectivity index (χ0n) is 20.2. The number of nitrogens with two attached hydrogens (primary N) is 1. The van der Waals surface area contributed by atoms with Crippen LogP contribution in [0.4, 0.5) is 17.2 Å². The first kappa shape index (κ1) is 26.0. The Hall–Kier alpha value is -4.11. The number of carbonyl (C=O) groups is 2. The number of ether oxygens (including phenoxy) is 1. The van der Waals surface area contributed by atoms with Crippen LogP contribution in [-0.2, 0) is 11.3 Å². The van der Waals surface area contributed by atoms with Gasteiger partial charge in [-0.1, -0.05) is 6.07 Å². The number of anilines is 3. The lowest BCUT2D eigenvalue weighted by molar-refractivity contribution is -0.323. The predicted octanol–water partition coefficient (Wildman–Crippen LogP) is 0.0259. The fourth-order valence-corrected chi connectivity index (χ4v) is 3.69. The molecule has 3 aromatic rings. The molecule has 0 saturated heterocycles. The average Bonchev–Trinajstić information content (AvgIpc) is 3.62. The van der Waals surface area contributed by atoms with Crippen molar-refractivity contribution in [2.75, 3.05) is 24.3 Å². The maximum Gasteiger partial charge on any atom is 0.369 e. The van der Waals surface area contributed by atoms with E-state index in [1.807, 2.05) is 19.1 Å². The first-order valence-electron chi connectivity index (χ1n) is 11.5. The van der Waals surface area contributed by atoms with E-state index in [4.69, 9.17) is 10.5 Å². The zero-order chi connectivity index (χ0) is 26.7. The third-order valence-corrected chi connectivity index (χ3v) is 5.58. The van der Waals surface area contributed by atoms with Crippen LogP contribution >= 0.6 is 0 Å². The molecule has 4 rings (SSSR count). The second-order valence-corrected chi connectivity index (χ2v) is 8.54. The molecule has 0 unspecified atom stereocenters. The summed E-state index contributed by atoms with van der Waals surface area (Å²) in [6.45, 7) is 2.89. The van der Waals surface area contributed by atoms with E-state index in [2.05, 4.69) is 25.9 Å². The Labute approximate surface area is 211 Å². The van der Waals surface area contributed by atoms with E-state index in [9.17, 15) is 24.9 Å². The van der Waals surface area contributed by atoms with Crippen LogP contribution in [0.2, 0.25) is 0 Å². The lowest BCUT2D eigenvalue weighted by Gasteiger charge is -2.18. The van der Waals surface area contributed by atoms with Gasteiger partial charge in [-0.15, -0.1) is 10.2 Å². The lowest BCUT2D eigenvalue weighted by atomic mass is 10.1. The number of aliphatic hydroxyl groups is 3. The summed E-state index contributed by atoms with van der Waals surface area (Å²) in [7, 11) is 1.48. The van der Waals surface area contributed by atoms with Crippen molar-refractivity contribution in [2.45, 2.75) is 32.4 Å². The monoisotopic (exact) mass is 512 g/mol. The largest absolute Gasteiger partial charge is 0.494 e. The van der Waals surface area contributed by atoms with Crippen molar-refractivity contribution in [3.8, 4) is 17.0 Å². The maximum atomic E-state index is 12.6. The van der Waals surface area contributed by atoms with Gasteiger partial charge in [-0.05, 0) is 38.0 Å². The first-order chi connectivity index (χ1) is 17.6. The van der Waals surface area contributed by atoms with Crippen LogP contribution in [0.15, 0.2) is 30.3 Å². The van der Waals surface area contributed by atoms with Crippen LogP contribution in [0.3, 0.4) is 0 Å². The Morgan fingerprint density at radius 2 is 1.95 bits per heavy atom. The van der Waals surface area contributed by atoms with Crippen LogP contribution in [0.5, 0.6) is 5.75 Å². The summed E-state index contributed by atoms with van der Waals surface area (Å²) in [5.41, 5.74) is 7.95. The lowest BCUT2D eigenvalue weighted by Crippen LogP contribution is -2.48. The highest BCUT2D eigenvalue weighted by molar-refractivity contribution is 6.00. The van der Waals surface area contributed by atoms with Crippen LogP contribution in [0.25, 0.3) is 11.3 Å². The highest BCUT2D eigenvalue weighted by Crippen LogP contribution is 2.38. The standard InChI is InChI=1S/C23H28N8O6/c1-12-10-16(30-31(12)9-8-24)14-4-3-5-15(20(14)37-2)25-17-11-18(26-21(32)13-6-7-13)28-29-19(17)22(33)27-23(34,35)36/h3-5,10-11,13,34-36H,6-9,24H2,1-2H3,(H,27,33)(H2,25,26,28,32). The number of benzene rings is 1. The van der Waals surface area contributed by atoms with Gasteiger partial charge in [0.1, 0.15) is 0 Å². The molecule has 1 aliphatic carbocycles. The molecule has 0 aliphatic heterocycles. The molecule has 1 saturated carbocycles. The van der Waals surface area contributed by atoms with Gasteiger partial charge in [0.25, 0.3) is 5.91 Å². The smallest absolute Gasteiger partial charge is 0.369 e. The summed E-state index contributed by atoms with van der Waals surface area (Å²) in [5, 5.41) is 47.1. The second-order valence-electron chi connectivity index (χ2n) is 8.54.